The highest BCUT2D eigenvalue weighted by Gasteiger charge is 2.31. The number of amides is 2. The summed E-state index contributed by atoms with van der Waals surface area (Å²) >= 11 is 0. The number of piperidine rings is 1. The predicted octanol–water partition coefficient (Wildman–Crippen LogP) is 2.19. The number of aryl methyl sites for hydroxylation is 1. The van der Waals surface area contributed by atoms with Crippen molar-refractivity contribution in [3.05, 3.63) is 22.5 Å². The third kappa shape index (κ3) is 3.55. The Morgan fingerprint density at radius 2 is 2.12 bits per heavy atom. The number of likely N-dealkylation sites (tertiary alicyclic amines) is 1. The molecule has 7 nitrogen and oxygen atoms in total. The van der Waals surface area contributed by atoms with Crippen LogP contribution >= 0.6 is 0 Å². The monoisotopic (exact) mass is 347 g/mol. The number of nitrogens with zero attached hydrogens (tertiary/aromatic N) is 1. The average molecular weight is 347 g/mol. The second-order valence-corrected chi connectivity index (χ2v) is 6.71. The Labute approximate surface area is 147 Å². The SMILES string of the molecule is CCOC(=O)N[C@@H]1CCCN(C(=O)c2[nH]c3c(c2C)C(=O)CCC3)C1. The van der Waals surface area contributed by atoms with Crippen LogP contribution in [-0.2, 0) is 11.2 Å². The lowest BCUT2D eigenvalue weighted by Crippen LogP contribution is -2.49. The van der Waals surface area contributed by atoms with Crippen LogP contribution < -0.4 is 5.32 Å². The minimum atomic E-state index is -0.445. The van der Waals surface area contributed by atoms with Gasteiger partial charge in [-0.3, -0.25) is 9.59 Å². The van der Waals surface area contributed by atoms with E-state index in [0.29, 0.717) is 37.4 Å². The number of hydrogen-bond donors (Lipinski definition) is 2. The number of rotatable bonds is 3. The van der Waals surface area contributed by atoms with Crippen molar-refractivity contribution in [2.75, 3.05) is 19.7 Å². The second-order valence-electron chi connectivity index (χ2n) is 6.71. The fourth-order valence-electron chi connectivity index (χ4n) is 3.76. The van der Waals surface area contributed by atoms with Crippen molar-refractivity contribution >= 4 is 17.8 Å². The van der Waals surface area contributed by atoms with Gasteiger partial charge >= 0.3 is 6.09 Å². The molecule has 136 valence electrons. The molecule has 0 radical (unpaired) electrons. The van der Waals surface area contributed by atoms with E-state index in [1.165, 1.54) is 0 Å². The zero-order valence-corrected chi connectivity index (χ0v) is 14.8. The maximum Gasteiger partial charge on any atom is 0.407 e. The zero-order chi connectivity index (χ0) is 18.0. The van der Waals surface area contributed by atoms with Crippen LogP contribution in [0.15, 0.2) is 0 Å². The molecule has 0 unspecified atom stereocenters. The summed E-state index contributed by atoms with van der Waals surface area (Å²) in [5, 5.41) is 2.81. The first-order chi connectivity index (χ1) is 12.0. The predicted molar refractivity (Wildman–Crippen MR) is 91.9 cm³/mol. The number of H-pyrrole nitrogens is 1. The normalized spacial score (nSPS) is 20.2. The van der Waals surface area contributed by atoms with Crippen molar-refractivity contribution in [2.24, 2.45) is 0 Å². The van der Waals surface area contributed by atoms with Crippen LogP contribution in [0.2, 0.25) is 0 Å². The number of carbonyl (C=O) groups excluding carboxylic acids is 3. The number of aromatic nitrogens is 1. The summed E-state index contributed by atoms with van der Waals surface area (Å²) < 4.78 is 4.91. The van der Waals surface area contributed by atoms with E-state index in [-0.39, 0.29) is 17.7 Å². The number of aromatic amines is 1. The fraction of sp³-hybridized carbons (Fsp3) is 0.611. The van der Waals surface area contributed by atoms with Gasteiger partial charge in [0.05, 0.1) is 6.61 Å². The van der Waals surface area contributed by atoms with Crippen LogP contribution in [0.1, 0.15) is 64.7 Å². The van der Waals surface area contributed by atoms with Crippen LogP contribution in [0.4, 0.5) is 4.79 Å². The molecule has 1 atom stereocenters. The van der Waals surface area contributed by atoms with Crippen molar-refractivity contribution in [1.82, 2.24) is 15.2 Å². The van der Waals surface area contributed by atoms with E-state index in [1.807, 2.05) is 6.92 Å². The Balaban J connectivity index is 1.73. The molecule has 0 aromatic carbocycles. The van der Waals surface area contributed by atoms with Gasteiger partial charge in [0, 0.05) is 36.8 Å². The van der Waals surface area contributed by atoms with Gasteiger partial charge in [-0.2, -0.15) is 0 Å². The maximum absolute atomic E-state index is 12.9. The smallest absolute Gasteiger partial charge is 0.407 e. The number of carbonyl (C=O) groups is 3. The molecule has 1 fully saturated rings. The highest BCUT2D eigenvalue weighted by molar-refractivity contribution is 6.04. The van der Waals surface area contributed by atoms with E-state index < -0.39 is 6.09 Å². The Morgan fingerprint density at radius 3 is 2.84 bits per heavy atom. The third-order valence-electron chi connectivity index (χ3n) is 4.96. The van der Waals surface area contributed by atoms with E-state index in [4.69, 9.17) is 4.74 Å². The number of ketones is 1. The average Bonchev–Trinajstić information content (AvgIpc) is 2.93. The minimum Gasteiger partial charge on any atom is -0.450 e. The molecule has 1 aromatic rings. The molecule has 3 rings (SSSR count). The van der Waals surface area contributed by atoms with Gasteiger partial charge < -0.3 is 19.9 Å². The van der Waals surface area contributed by atoms with Crippen LogP contribution in [0, 0.1) is 6.92 Å². The largest absolute Gasteiger partial charge is 0.450 e. The van der Waals surface area contributed by atoms with Crippen molar-refractivity contribution in [3.8, 4) is 0 Å². The lowest BCUT2D eigenvalue weighted by atomic mass is 9.93. The molecule has 1 saturated heterocycles. The molecule has 0 bridgehead atoms. The van der Waals surface area contributed by atoms with Gasteiger partial charge in [-0.1, -0.05) is 0 Å². The Bertz CT molecular complexity index is 695. The lowest BCUT2D eigenvalue weighted by molar-refractivity contribution is 0.0680. The molecule has 1 aliphatic carbocycles. The Hall–Kier alpha value is -2.31. The molecule has 2 N–H and O–H groups in total. The molecule has 0 saturated carbocycles. The summed E-state index contributed by atoms with van der Waals surface area (Å²) in [5.74, 6) is 0.0182. The summed E-state index contributed by atoms with van der Waals surface area (Å²) in [4.78, 5) is 41.6. The van der Waals surface area contributed by atoms with Gasteiger partial charge in [-0.05, 0) is 45.1 Å². The van der Waals surface area contributed by atoms with E-state index in [2.05, 4.69) is 10.3 Å². The first-order valence-electron chi connectivity index (χ1n) is 8.98. The Morgan fingerprint density at radius 1 is 1.32 bits per heavy atom. The van der Waals surface area contributed by atoms with Crippen molar-refractivity contribution in [1.29, 1.82) is 0 Å². The van der Waals surface area contributed by atoms with Crippen LogP contribution in [0.25, 0.3) is 0 Å². The van der Waals surface area contributed by atoms with Crippen molar-refractivity contribution in [3.63, 3.8) is 0 Å². The summed E-state index contributed by atoms with van der Waals surface area (Å²) in [5.41, 5.74) is 2.85. The standard InChI is InChI=1S/C18H25N3O4/c1-3-25-18(24)19-12-6-5-9-21(10-12)17(23)16-11(2)15-13(20-16)7-4-8-14(15)22/h12,20H,3-10H2,1-2H3,(H,19,24)/t12-/m1/s1. The highest BCUT2D eigenvalue weighted by Crippen LogP contribution is 2.27. The first kappa shape index (κ1) is 17.5. The van der Waals surface area contributed by atoms with E-state index in [9.17, 15) is 14.4 Å². The molecule has 25 heavy (non-hydrogen) atoms. The summed E-state index contributed by atoms with van der Waals surface area (Å²) in [6, 6.07) is -0.108. The molecule has 1 aliphatic heterocycles. The van der Waals surface area contributed by atoms with Crippen LogP contribution in [0.3, 0.4) is 0 Å². The molecular weight excluding hydrogens is 322 g/mol. The van der Waals surface area contributed by atoms with E-state index in [0.717, 1.165) is 36.9 Å². The quantitative estimate of drug-likeness (QED) is 0.877. The maximum atomic E-state index is 12.9. The minimum absolute atomic E-state index is 0.102. The van der Waals surface area contributed by atoms with Gasteiger partial charge in [0.25, 0.3) is 5.91 Å². The van der Waals surface area contributed by atoms with Gasteiger partial charge in [0.1, 0.15) is 5.69 Å². The number of fused-ring (bicyclic) bond motifs is 1. The molecule has 2 heterocycles. The number of Topliss-reactive ketones (excluding diaryl/α,β-unsaturated/α-hetero) is 1. The molecular formula is C18H25N3O4. The van der Waals surface area contributed by atoms with Crippen molar-refractivity contribution in [2.45, 2.75) is 52.0 Å². The van der Waals surface area contributed by atoms with Gasteiger partial charge in [-0.25, -0.2) is 4.79 Å². The lowest BCUT2D eigenvalue weighted by Gasteiger charge is -2.32. The number of alkyl carbamates (subject to hydrolysis) is 1. The fourth-order valence-corrected chi connectivity index (χ4v) is 3.76. The third-order valence-corrected chi connectivity index (χ3v) is 4.96. The molecule has 7 heteroatoms. The first-order valence-corrected chi connectivity index (χ1v) is 8.98. The second kappa shape index (κ2) is 7.29. The topological polar surface area (TPSA) is 91.5 Å². The van der Waals surface area contributed by atoms with E-state index in [1.54, 1.807) is 11.8 Å². The molecule has 0 spiro atoms. The van der Waals surface area contributed by atoms with Crippen LogP contribution in [-0.4, -0.2) is 53.4 Å². The number of ether oxygens (including phenoxy) is 1. The van der Waals surface area contributed by atoms with E-state index >= 15 is 0 Å². The number of nitrogens with one attached hydrogen (secondary N) is 2. The summed E-state index contributed by atoms with van der Waals surface area (Å²) in [6.45, 7) is 5.02. The van der Waals surface area contributed by atoms with Crippen molar-refractivity contribution < 1.29 is 19.1 Å². The number of hydrogen-bond acceptors (Lipinski definition) is 4. The van der Waals surface area contributed by atoms with Gasteiger partial charge in [-0.15, -0.1) is 0 Å². The molecule has 1 aromatic heterocycles. The summed E-state index contributed by atoms with van der Waals surface area (Å²) in [7, 11) is 0. The molecule has 2 amide bonds. The molecule has 2 aliphatic rings. The van der Waals surface area contributed by atoms with Gasteiger partial charge in [0.15, 0.2) is 5.78 Å². The Kier molecular flexibility index (Phi) is 5.11. The van der Waals surface area contributed by atoms with Gasteiger partial charge in [0.2, 0.25) is 0 Å². The van der Waals surface area contributed by atoms with Crippen LogP contribution in [0.5, 0.6) is 0 Å². The summed E-state index contributed by atoms with van der Waals surface area (Å²) in [6.07, 6.45) is 3.38. The highest BCUT2D eigenvalue weighted by atomic mass is 16.5. The zero-order valence-electron chi connectivity index (χ0n) is 14.8.